The highest BCUT2D eigenvalue weighted by molar-refractivity contribution is 5.02. The Morgan fingerprint density at radius 1 is 1.82 bits per heavy atom. The summed E-state index contributed by atoms with van der Waals surface area (Å²) >= 11 is 0. The third-order valence-electron chi connectivity index (χ3n) is 1.64. The topological polar surface area (TPSA) is 27.1 Å². The minimum absolute atomic E-state index is 0.0588. The lowest BCUT2D eigenvalue weighted by atomic mass is 10.1. The maximum absolute atomic E-state index is 7.43. The largest absolute Gasteiger partial charge is 0.367 e. The van der Waals surface area contributed by atoms with Gasteiger partial charge in [0.2, 0.25) is 0 Å². The van der Waals surface area contributed by atoms with Crippen LogP contribution in [0.4, 0.5) is 0 Å². The van der Waals surface area contributed by atoms with Crippen LogP contribution in [0.5, 0.6) is 0 Å². The van der Waals surface area contributed by atoms with E-state index in [1.807, 2.05) is 0 Å². The number of nitrogens with zero attached hydrogens (tertiary/aromatic N) is 2. The first-order valence-corrected chi connectivity index (χ1v) is 3.32. The molecule has 0 radical (unpaired) electrons. The highest BCUT2D eigenvalue weighted by Crippen LogP contribution is 2.20. The Labute approximate surface area is 74.4 Å². The molecule has 0 saturated carbocycles. The van der Waals surface area contributed by atoms with Gasteiger partial charge >= 0.3 is 0 Å². The Bertz CT molecular complexity index is 406. The smallest absolute Gasteiger partial charge is 0.0892 e. The number of fused-ring (bicyclic) bond motifs is 1. The summed E-state index contributed by atoms with van der Waals surface area (Å²) in [4.78, 5) is 0. The summed E-state index contributed by atoms with van der Waals surface area (Å²) in [7, 11) is 0. The molecule has 0 aliphatic carbocycles. The Hall–Kier alpha value is -0.830. The van der Waals surface area contributed by atoms with Gasteiger partial charge in [-0.15, -0.1) is 0 Å². The van der Waals surface area contributed by atoms with Crippen LogP contribution in [0.3, 0.4) is 0 Å². The molecule has 60 valence electrons. The van der Waals surface area contributed by atoms with Gasteiger partial charge in [0.1, 0.15) is 0 Å². The summed E-state index contributed by atoms with van der Waals surface area (Å²) in [6, 6.07) is 1.67. The molecule has 1 aromatic rings. The number of hydrogen-bond acceptors (Lipinski definition) is 2. The molecule has 2 heterocycles. The quantitative estimate of drug-likeness (QED) is 0.567. The average molecular weight is 158 g/mol. The highest BCUT2D eigenvalue weighted by atomic mass is 16.5. The zero-order chi connectivity index (χ0) is 12.9. The summed E-state index contributed by atoms with van der Waals surface area (Å²) in [6.07, 6.45) is 1.49. The second kappa shape index (κ2) is 2.08. The van der Waals surface area contributed by atoms with Gasteiger partial charge in [-0.05, 0) is 19.8 Å². The number of aromatic nitrogens is 2. The van der Waals surface area contributed by atoms with E-state index in [2.05, 4.69) is 5.10 Å². The van der Waals surface area contributed by atoms with Gasteiger partial charge in [0, 0.05) is 14.4 Å². The molecule has 0 fully saturated rings. The van der Waals surface area contributed by atoms with Crippen molar-refractivity contribution >= 4 is 0 Å². The van der Waals surface area contributed by atoms with E-state index in [1.54, 1.807) is 6.07 Å². The molecule has 1 aromatic heterocycles. The fraction of sp³-hybridized carbons (Fsp3) is 0.625. The number of ether oxygens (including phenoxy) is 1. The predicted octanol–water partition coefficient (Wildman–Crippen LogP) is 1.19. The molecule has 11 heavy (non-hydrogen) atoms. The lowest BCUT2D eigenvalue weighted by molar-refractivity contribution is -0.0660. The predicted molar refractivity (Wildman–Crippen MR) is 41.1 cm³/mol. The first kappa shape index (κ1) is 2.90. The summed E-state index contributed by atoms with van der Waals surface area (Å²) < 4.78 is 51.2. The van der Waals surface area contributed by atoms with Crippen LogP contribution in [0.2, 0.25) is 0 Å². The van der Waals surface area contributed by atoms with Crippen LogP contribution in [0, 0.1) is 0 Å². The van der Waals surface area contributed by atoms with Crippen LogP contribution >= 0.6 is 0 Å². The normalized spacial score (nSPS) is 31.6. The van der Waals surface area contributed by atoms with Crippen molar-refractivity contribution in [3.63, 3.8) is 0 Å². The van der Waals surface area contributed by atoms with Gasteiger partial charge in [0.05, 0.1) is 24.4 Å². The minimum Gasteiger partial charge on any atom is -0.367 e. The second-order valence-corrected chi connectivity index (χ2v) is 2.60. The van der Waals surface area contributed by atoms with E-state index in [-0.39, 0.29) is 13.2 Å². The van der Waals surface area contributed by atoms with E-state index < -0.39 is 19.3 Å². The fourth-order valence-corrected chi connectivity index (χ4v) is 1.08. The van der Waals surface area contributed by atoms with Crippen LogP contribution in [-0.4, -0.2) is 15.4 Å². The Balaban J connectivity index is 2.46. The molecule has 0 bridgehead atoms. The lowest BCUT2D eigenvalue weighted by Gasteiger charge is -2.30. The van der Waals surface area contributed by atoms with E-state index in [0.29, 0.717) is 5.69 Å². The van der Waals surface area contributed by atoms with Crippen molar-refractivity contribution in [2.45, 2.75) is 32.5 Å². The molecule has 0 spiro atoms. The van der Waals surface area contributed by atoms with E-state index in [0.717, 1.165) is 0 Å². The second-order valence-electron chi connectivity index (χ2n) is 2.60. The van der Waals surface area contributed by atoms with Crippen LogP contribution in [-0.2, 0) is 17.9 Å². The van der Waals surface area contributed by atoms with Crippen LogP contribution < -0.4 is 0 Å². The molecule has 3 nitrogen and oxygen atoms in total. The highest BCUT2D eigenvalue weighted by Gasteiger charge is 2.25. The molecule has 0 N–H and O–H groups in total. The maximum Gasteiger partial charge on any atom is 0.0892 e. The van der Waals surface area contributed by atoms with E-state index in [1.165, 1.54) is 10.9 Å². The number of hydrogen-bond donors (Lipinski definition) is 0. The van der Waals surface area contributed by atoms with Gasteiger partial charge in [-0.25, -0.2) is 0 Å². The molecule has 1 aliphatic heterocycles. The first-order chi connectivity index (χ1) is 7.67. The van der Waals surface area contributed by atoms with E-state index >= 15 is 0 Å². The Morgan fingerprint density at radius 2 is 2.73 bits per heavy atom. The summed E-state index contributed by atoms with van der Waals surface area (Å²) in [5.41, 5.74) is -1.51. The molecule has 0 unspecified atom stereocenters. The van der Waals surface area contributed by atoms with Gasteiger partial charge in [0.25, 0.3) is 0 Å². The van der Waals surface area contributed by atoms with Crippen molar-refractivity contribution in [3.8, 4) is 0 Å². The van der Waals surface area contributed by atoms with Crippen molar-refractivity contribution in [1.82, 2.24) is 9.78 Å². The summed E-state index contributed by atoms with van der Waals surface area (Å²) in [5.74, 6) is 0. The Morgan fingerprint density at radius 3 is 3.55 bits per heavy atom. The van der Waals surface area contributed by atoms with Crippen LogP contribution in [0.25, 0.3) is 0 Å². The molecule has 2 rings (SSSR count). The zero-order valence-electron chi connectivity index (χ0n) is 11.9. The van der Waals surface area contributed by atoms with Gasteiger partial charge in [0.15, 0.2) is 0 Å². The SMILES string of the molecule is [2H]C([2H])([2H])C1(C([2H])([2H])[2H])Cn2nccc2CO1. The monoisotopic (exact) mass is 158 g/mol. The molecule has 0 saturated heterocycles. The summed E-state index contributed by atoms with van der Waals surface area (Å²) in [6.45, 7) is -5.82. The van der Waals surface area contributed by atoms with Crippen molar-refractivity contribution in [1.29, 1.82) is 0 Å². The van der Waals surface area contributed by atoms with Gasteiger partial charge in [-0.1, -0.05) is 0 Å². The molecule has 3 heteroatoms. The van der Waals surface area contributed by atoms with Crippen LogP contribution in [0.15, 0.2) is 12.3 Å². The maximum atomic E-state index is 7.43. The molecule has 0 aromatic carbocycles. The van der Waals surface area contributed by atoms with Crippen molar-refractivity contribution in [3.05, 3.63) is 18.0 Å². The van der Waals surface area contributed by atoms with Gasteiger partial charge in [-0.3, -0.25) is 4.68 Å². The molecule has 0 atom stereocenters. The van der Waals surface area contributed by atoms with Crippen molar-refractivity contribution in [2.75, 3.05) is 0 Å². The molecule has 0 amide bonds. The third kappa shape index (κ3) is 1.16. The summed E-state index contributed by atoms with van der Waals surface area (Å²) in [5, 5.41) is 3.92. The minimum atomic E-state index is -2.73. The van der Waals surface area contributed by atoms with Gasteiger partial charge < -0.3 is 4.74 Å². The molecular weight excluding hydrogens is 140 g/mol. The fourth-order valence-electron chi connectivity index (χ4n) is 1.08. The first-order valence-electron chi connectivity index (χ1n) is 6.32. The zero-order valence-corrected chi connectivity index (χ0v) is 5.87. The molecule has 1 aliphatic rings. The van der Waals surface area contributed by atoms with Crippen molar-refractivity contribution in [2.24, 2.45) is 0 Å². The Kier molecular flexibility index (Phi) is 0.548. The lowest BCUT2D eigenvalue weighted by Crippen LogP contribution is -2.35. The van der Waals surface area contributed by atoms with E-state index in [9.17, 15) is 0 Å². The number of rotatable bonds is 0. The third-order valence-corrected chi connectivity index (χ3v) is 1.64. The van der Waals surface area contributed by atoms with E-state index in [4.69, 9.17) is 13.0 Å². The van der Waals surface area contributed by atoms with Crippen LogP contribution in [0.1, 0.15) is 27.6 Å². The standard InChI is InChI=1S/C8H12N2O/c1-8(2)6-10-7(5-11-8)3-4-9-10/h3-4H,5-6H2,1-2H3/i1D3,2D3. The van der Waals surface area contributed by atoms with Gasteiger partial charge in [-0.2, -0.15) is 5.10 Å². The molecular formula is C8H12N2O. The average Bonchev–Trinajstić information content (AvgIpc) is 2.59. The van der Waals surface area contributed by atoms with Crippen molar-refractivity contribution < 1.29 is 13.0 Å².